The summed E-state index contributed by atoms with van der Waals surface area (Å²) in [5.74, 6) is 0.298. The van der Waals surface area contributed by atoms with Crippen LogP contribution in [0, 0.1) is 0 Å². The zero-order valence-corrected chi connectivity index (χ0v) is 13.7. The summed E-state index contributed by atoms with van der Waals surface area (Å²) in [7, 11) is 3.53. The normalized spacial score (nSPS) is 18.4. The van der Waals surface area contributed by atoms with Crippen molar-refractivity contribution in [3.63, 3.8) is 0 Å². The molecule has 0 aromatic heterocycles. The Morgan fingerprint density at radius 3 is 2.91 bits per heavy atom. The topological polar surface area (TPSA) is 76.8 Å². The Balaban J connectivity index is 2.10. The quantitative estimate of drug-likeness (QED) is 0.781. The Morgan fingerprint density at radius 2 is 2.32 bits per heavy atom. The van der Waals surface area contributed by atoms with Gasteiger partial charge in [0.15, 0.2) is 18.1 Å². The number of hydrogen-bond acceptors (Lipinski definition) is 5. The number of methoxy groups -OCH3 is 1. The van der Waals surface area contributed by atoms with Gasteiger partial charge in [-0.15, -0.1) is 0 Å². The van der Waals surface area contributed by atoms with Crippen molar-refractivity contribution in [3.8, 4) is 11.5 Å². The molecule has 1 heterocycles. The van der Waals surface area contributed by atoms with Crippen LogP contribution >= 0.6 is 11.6 Å². The van der Waals surface area contributed by atoms with E-state index >= 15 is 0 Å². The van der Waals surface area contributed by atoms with E-state index in [1.807, 2.05) is 19.2 Å². The Hall–Kier alpha value is -1.50. The molecule has 1 saturated heterocycles. The first kappa shape index (κ1) is 16.9. The average Bonchev–Trinajstić information content (AvgIpc) is 2.93. The van der Waals surface area contributed by atoms with Gasteiger partial charge in [-0.25, -0.2) is 0 Å². The summed E-state index contributed by atoms with van der Waals surface area (Å²) in [5.41, 5.74) is 6.13. The van der Waals surface area contributed by atoms with Gasteiger partial charge in [-0.05, 0) is 31.2 Å². The maximum Gasteiger partial charge on any atom is 0.255 e. The van der Waals surface area contributed by atoms with Crippen LogP contribution in [0.15, 0.2) is 12.1 Å². The number of likely N-dealkylation sites (N-methyl/N-ethyl adjacent to an activating group) is 1. The average molecular weight is 328 g/mol. The number of likely N-dealkylation sites (tertiary alicyclic amines) is 1. The number of ether oxygens (including phenoxy) is 2. The van der Waals surface area contributed by atoms with Crippen molar-refractivity contribution in [2.24, 2.45) is 5.73 Å². The molecule has 7 heteroatoms. The van der Waals surface area contributed by atoms with E-state index in [0.717, 1.165) is 31.6 Å². The third-order valence-corrected chi connectivity index (χ3v) is 4.02. The lowest BCUT2D eigenvalue weighted by molar-refractivity contribution is -0.119. The molecule has 1 atom stereocenters. The van der Waals surface area contributed by atoms with Crippen molar-refractivity contribution in [3.05, 3.63) is 22.7 Å². The lowest BCUT2D eigenvalue weighted by Crippen LogP contribution is -2.29. The van der Waals surface area contributed by atoms with Gasteiger partial charge in [-0.1, -0.05) is 11.6 Å². The van der Waals surface area contributed by atoms with Gasteiger partial charge in [0.05, 0.1) is 12.1 Å². The molecule has 122 valence electrons. The van der Waals surface area contributed by atoms with Crippen LogP contribution in [0.3, 0.4) is 0 Å². The van der Waals surface area contributed by atoms with Crippen LogP contribution in [-0.4, -0.2) is 50.7 Å². The molecular formula is C15H22ClN3O3. The second kappa shape index (κ2) is 7.67. The minimum absolute atomic E-state index is 0.231. The van der Waals surface area contributed by atoms with Gasteiger partial charge >= 0.3 is 0 Å². The van der Waals surface area contributed by atoms with Crippen LogP contribution in [-0.2, 0) is 11.3 Å². The number of amides is 1. The van der Waals surface area contributed by atoms with Crippen molar-refractivity contribution >= 4 is 17.5 Å². The van der Waals surface area contributed by atoms with Gasteiger partial charge in [0.1, 0.15) is 0 Å². The van der Waals surface area contributed by atoms with E-state index in [-0.39, 0.29) is 6.61 Å². The Bertz CT molecular complexity index is 539. The SMILES string of the molecule is CNC1CCN(Cc2cc(Cl)c(OCC(N)=O)c(OC)c2)C1. The molecule has 2 rings (SSSR count). The molecule has 1 unspecified atom stereocenters. The highest BCUT2D eigenvalue weighted by Gasteiger charge is 2.22. The van der Waals surface area contributed by atoms with Gasteiger partial charge in [0.2, 0.25) is 0 Å². The Kier molecular flexibility index (Phi) is 5.88. The number of nitrogens with one attached hydrogen (secondary N) is 1. The van der Waals surface area contributed by atoms with Crippen LogP contribution < -0.4 is 20.5 Å². The van der Waals surface area contributed by atoms with E-state index in [4.69, 9.17) is 26.8 Å². The molecule has 0 spiro atoms. The molecule has 6 nitrogen and oxygen atoms in total. The van der Waals surface area contributed by atoms with E-state index in [0.29, 0.717) is 22.6 Å². The van der Waals surface area contributed by atoms with Crippen molar-refractivity contribution in [2.75, 3.05) is 33.9 Å². The number of primary amides is 1. The predicted molar refractivity (Wildman–Crippen MR) is 85.4 cm³/mol. The Morgan fingerprint density at radius 1 is 1.55 bits per heavy atom. The fourth-order valence-corrected chi connectivity index (χ4v) is 2.91. The number of halogens is 1. The zero-order valence-electron chi connectivity index (χ0n) is 12.9. The summed E-state index contributed by atoms with van der Waals surface area (Å²) in [6.07, 6.45) is 1.14. The van der Waals surface area contributed by atoms with E-state index in [1.165, 1.54) is 0 Å². The molecule has 22 heavy (non-hydrogen) atoms. The fourth-order valence-electron chi connectivity index (χ4n) is 2.62. The van der Waals surface area contributed by atoms with Gasteiger partial charge < -0.3 is 20.5 Å². The first-order valence-corrected chi connectivity index (χ1v) is 7.58. The molecule has 1 aliphatic heterocycles. The largest absolute Gasteiger partial charge is 0.493 e. The molecule has 1 aliphatic rings. The van der Waals surface area contributed by atoms with Crippen molar-refractivity contribution in [1.82, 2.24) is 10.2 Å². The maximum atomic E-state index is 10.8. The summed E-state index contributed by atoms with van der Waals surface area (Å²) in [5, 5.41) is 3.71. The van der Waals surface area contributed by atoms with E-state index in [9.17, 15) is 4.79 Å². The number of carbonyl (C=O) groups excluding carboxylic acids is 1. The minimum atomic E-state index is -0.558. The van der Waals surface area contributed by atoms with E-state index in [2.05, 4.69) is 10.2 Å². The first-order valence-electron chi connectivity index (χ1n) is 7.20. The highest BCUT2D eigenvalue weighted by molar-refractivity contribution is 6.32. The maximum absolute atomic E-state index is 10.8. The number of benzene rings is 1. The second-order valence-corrected chi connectivity index (χ2v) is 5.78. The predicted octanol–water partition coefficient (Wildman–Crippen LogP) is 1.01. The molecule has 0 saturated carbocycles. The summed E-state index contributed by atoms with van der Waals surface area (Å²) < 4.78 is 10.6. The molecule has 0 radical (unpaired) electrons. The molecule has 1 fully saturated rings. The van der Waals surface area contributed by atoms with Gasteiger partial charge in [-0.2, -0.15) is 0 Å². The highest BCUT2D eigenvalue weighted by Crippen LogP contribution is 2.36. The molecule has 0 bridgehead atoms. The minimum Gasteiger partial charge on any atom is -0.493 e. The molecule has 1 aromatic rings. The van der Waals surface area contributed by atoms with Gasteiger partial charge in [0, 0.05) is 25.7 Å². The van der Waals surface area contributed by atoms with Gasteiger partial charge in [-0.3, -0.25) is 9.69 Å². The summed E-state index contributed by atoms with van der Waals surface area (Å²) in [6.45, 7) is 2.62. The lowest BCUT2D eigenvalue weighted by Gasteiger charge is -2.18. The smallest absolute Gasteiger partial charge is 0.255 e. The monoisotopic (exact) mass is 327 g/mol. The number of nitrogens with two attached hydrogens (primary N) is 1. The van der Waals surface area contributed by atoms with Crippen LogP contribution in [0.2, 0.25) is 5.02 Å². The zero-order chi connectivity index (χ0) is 16.1. The first-order chi connectivity index (χ1) is 10.5. The molecule has 0 aliphatic carbocycles. The van der Waals surface area contributed by atoms with E-state index in [1.54, 1.807) is 7.11 Å². The van der Waals surface area contributed by atoms with Gasteiger partial charge in [0.25, 0.3) is 5.91 Å². The Labute approximate surface area is 135 Å². The number of carbonyl (C=O) groups is 1. The van der Waals surface area contributed by atoms with Crippen LogP contribution in [0.4, 0.5) is 0 Å². The number of nitrogens with zero attached hydrogens (tertiary/aromatic N) is 1. The van der Waals surface area contributed by atoms with Crippen molar-refractivity contribution in [1.29, 1.82) is 0 Å². The fraction of sp³-hybridized carbons (Fsp3) is 0.533. The van der Waals surface area contributed by atoms with Crippen molar-refractivity contribution < 1.29 is 14.3 Å². The molecular weight excluding hydrogens is 306 g/mol. The summed E-state index contributed by atoms with van der Waals surface area (Å²) in [6, 6.07) is 4.26. The van der Waals surface area contributed by atoms with Crippen LogP contribution in [0.25, 0.3) is 0 Å². The summed E-state index contributed by atoms with van der Waals surface area (Å²) in [4.78, 5) is 13.2. The van der Waals surface area contributed by atoms with Crippen LogP contribution in [0.5, 0.6) is 11.5 Å². The molecule has 1 aromatic carbocycles. The molecule has 1 amide bonds. The van der Waals surface area contributed by atoms with E-state index < -0.39 is 5.91 Å². The highest BCUT2D eigenvalue weighted by atomic mass is 35.5. The third kappa shape index (κ3) is 4.25. The van der Waals surface area contributed by atoms with Crippen molar-refractivity contribution in [2.45, 2.75) is 19.0 Å². The number of rotatable bonds is 7. The standard InChI is InChI=1S/C15H22ClN3O3/c1-18-11-3-4-19(8-11)7-10-5-12(16)15(13(6-10)21-2)22-9-14(17)20/h5-6,11,18H,3-4,7-9H2,1-2H3,(H2,17,20). The van der Waals surface area contributed by atoms with Crippen LogP contribution in [0.1, 0.15) is 12.0 Å². The third-order valence-electron chi connectivity index (χ3n) is 3.73. The lowest BCUT2D eigenvalue weighted by atomic mass is 10.2. The number of hydrogen-bond donors (Lipinski definition) is 2. The second-order valence-electron chi connectivity index (χ2n) is 5.37. The summed E-state index contributed by atoms with van der Waals surface area (Å²) >= 11 is 6.25. The molecule has 3 N–H and O–H groups in total.